The van der Waals surface area contributed by atoms with Crippen LogP contribution in [0.4, 0.5) is 10.5 Å². The van der Waals surface area contributed by atoms with Crippen LogP contribution in [-0.4, -0.2) is 26.7 Å². The first-order chi connectivity index (χ1) is 11.3. The van der Waals surface area contributed by atoms with E-state index in [1.165, 1.54) is 5.56 Å². The van der Waals surface area contributed by atoms with Gasteiger partial charge < -0.3 is 10.6 Å². The van der Waals surface area contributed by atoms with E-state index in [-0.39, 0.29) is 18.6 Å². The Morgan fingerprint density at radius 1 is 1.25 bits per heavy atom. The van der Waals surface area contributed by atoms with E-state index in [2.05, 4.69) is 20.7 Å². The Hall–Kier alpha value is -2.06. The maximum atomic E-state index is 12.0. The van der Waals surface area contributed by atoms with Crippen LogP contribution in [0.25, 0.3) is 0 Å². The smallest absolute Gasteiger partial charge is 0.315 e. The van der Waals surface area contributed by atoms with Gasteiger partial charge in [0.2, 0.25) is 10.0 Å². The van der Waals surface area contributed by atoms with Gasteiger partial charge in [-0.2, -0.15) is 11.3 Å². The van der Waals surface area contributed by atoms with Crippen molar-refractivity contribution < 1.29 is 13.2 Å². The number of urea groups is 1. The van der Waals surface area contributed by atoms with Gasteiger partial charge in [-0.15, -0.1) is 0 Å². The molecule has 0 aliphatic rings. The van der Waals surface area contributed by atoms with E-state index >= 15 is 0 Å². The molecule has 0 aliphatic heterocycles. The predicted molar refractivity (Wildman–Crippen MR) is 97.8 cm³/mol. The number of nitrogens with one attached hydrogen (secondary N) is 3. The molecule has 0 saturated heterocycles. The lowest BCUT2D eigenvalue weighted by Gasteiger charge is -2.15. The quantitative estimate of drug-likeness (QED) is 0.703. The summed E-state index contributed by atoms with van der Waals surface area (Å²) in [6.45, 7) is 2.17. The molecule has 0 unspecified atom stereocenters. The standard InChI is InChI=1S/C16H21N3O3S2/c1-12(9-13-7-8-23-11-13)18-16(20)17-10-14-5-3-4-6-15(14)19-24(2,21)22/h3-8,11-12,19H,9-10H2,1-2H3,(H2,17,18,20)/t12-/m0/s1. The summed E-state index contributed by atoms with van der Waals surface area (Å²) in [5.74, 6) is 0. The fourth-order valence-corrected chi connectivity index (χ4v) is 3.52. The molecule has 2 aromatic rings. The van der Waals surface area contributed by atoms with E-state index in [0.717, 1.165) is 12.7 Å². The average molecular weight is 367 g/mol. The highest BCUT2D eigenvalue weighted by molar-refractivity contribution is 7.92. The molecule has 3 N–H and O–H groups in total. The number of sulfonamides is 1. The van der Waals surface area contributed by atoms with Crippen molar-refractivity contribution in [2.24, 2.45) is 0 Å². The first-order valence-corrected chi connectivity index (χ1v) is 10.3. The summed E-state index contributed by atoms with van der Waals surface area (Å²) in [6, 6.07) is 8.71. The fraction of sp³-hybridized carbons (Fsp3) is 0.312. The normalized spacial score (nSPS) is 12.4. The maximum absolute atomic E-state index is 12.0. The Morgan fingerprint density at radius 3 is 2.67 bits per heavy atom. The zero-order chi connectivity index (χ0) is 17.6. The summed E-state index contributed by atoms with van der Waals surface area (Å²) in [5, 5.41) is 9.69. The molecule has 0 saturated carbocycles. The number of thiophene rings is 1. The largest absolute Gasteiger partial charge is 0.335 e. The maximum Gasteiger partial charge on any atom is 0.315 e. The van der Waals surface area contributed by atoms with Crippen LogP contribution < -0.4 is 15.4 Å². The second-order valence-electron chi connectivity index (χ2n) is 5.60. The molecule has 2 rings (SSSR count). The van der Waals surface area contributed by atoms with Gasteiger partial charge in [0.25, 0.3) is 0 Å². The molecule has 130 valence electrons. The monoisotopic (exact) mass is 367 g/mol. The molecular weight excluding hydrogens is 346 g/mol. The van der Waals surface area contributed by atoms with Crippen LogP contribution in [0.3, 0.4) is 0 Å². The zero-order valence-electron chi connectivity index (χ0n) is 13.6. The van der Waals surface area contributed by atoms with Crippen LogP contribution in [0.5, 0.6) is 0 Å². The van der Waals surface area contributed by atoms with Crippen LogP contribution in [0.2, 0.25) is 0 Å². The van der Waals surface area contributed by atoms with E-state index in [1.807, 2.05) is 18.4 Å². The van der Waals surface area contributed by atoms with Gasteiger partial charge >= 0.3 is 6.03 Å². The Bertz CT molecular complexity index is 774. The molecule has 1 heterocycles. The van der Waals surface area contributed by atoms with Gasteiger partial charge in [0.15, 0.2) is 0 Å². The molecule has 6 nitrogen and oxygen atoms in total. The molecule has 1 aromatic carbocycles. The van der Waals surface area contributed by atoms with Gasteiger partial charge in [0, 0.05) is 12.6 Å². The molecule has 0 fully saturated rings. The third-order valence-corrected chi connectivity index (χ3v) is 4.57. The first kappa shape index (κ1) is 18.3. The van der Waals surface area contributed by atoms with Gasteiger partial charge in [0.1, 0.15) is 0 Å². The third-order valence-electron chi connectivity index (χ3n) is 3.25. The SMILES string of the molecule is C[C@@H](Cc1ccsc1)NC(=O)NCc1ccccc1NS(C)(=O)=O. The lowest BCUT2D eigenvalue weighted by Crippen LogP contribution is -2.41. The van der Waals surface area contributed by atoms with Gasteiger partial charge in [-0.25, -0.2) is 13.2 Å². The van der Waals surface area contributed by atoms with Crippen molar-refractivity contribution >= 4 is 33.1 Å². The third kappa shape index (κ3) is 6.21. The number of hydrogen-bond acceptors (Lipinski definition) is 4. The minimum absolute atomic E-state index is 0.00369. The average Bonchev–Trinajstić information content (AvgIpc) is 2.97. The number of anilines is 1. The molecule has 1 aromatic heterocycles. The first-order valence-electron chi connectivity index (χ1n) is 7.44. The predicted octanol–water partition coefficient (Wildman–Crippen LogP) is 2.55. The lowest BCUT2D eigenvalue weighted by molar-refractivity contribution is 0.237. The summed E-state index contributed by atoms with van der Waals surface area (Å²) in [5.41, 5.74) is 2.35. The summed E-state index contributed by atoms with van der Waals surface area (Å²) >= 11 is 1.63. The summed E-state index contributed by atoms with van der Waals surface area (Å²) in [6.07, 6.45) is 1.86. The molecule has 0 radical (unpaired) electrons. The number of hydrogen-bond donors (Lipinski definition) is 3. The van der Waals surface area contributed by atoms with Crippen LogP contribution in [0, 0.1) is 0 Å². The van der Waals surface area contributed by atoms with E-state index in [0.29, 0.717) is 11.3 Å². The van der Waals surface area contributed by atoms with Crippen LogP contribution in [0.15, 0.2) is 41.1 Å². The van der Waals surface area contributed by atoms with Gasteiger partial charge in [0.05, 0.1) is 11.9 Å². The molecule has 0 spiro atoms. The lowest BCUT2D eigenvalue weighted by atomic mass is 10.1. The summed E-state index contributed by atoms with van der Waals surface area (Å²) in [7, 11) is -3.36. The van der Waals surface area contributed by atoms with Crippen molar-refractivity contribution in [3.63, 3.8) is 0 Å². The van der Waals surface area contributed by atoms with Gasteiger partial charge in [-0.1, -0.05) is 18.2 Å². The van der Waals surface area contributed by atoms with Gasteiger partial charge in [-0.3, -0.25) is 4.72 Å². The molecule has 0 bridgehead atoms. The van der Waals surface area contributed by atoms with Crippen molar-refractivity contribution in [1.82, 2.24) is 10.6 Å². The van der Waals surface area contributed by atoms with E-state index in [1.54, 1.807) is 35.6 Å². The van der Waals surface area contributed by atoms with Gasteiger partial charge in [-0.05, 0) is 47.4 Å². The molecule has 0 aliphatic carbocycles. The Morgan fingerprint density at radius 2 is 2.00 bits per heavy atom. The number of amides is 2. The summed E-state index contributed by atoms with van der Waals surface area (Å²) in [4.78, 5) is 12.0. The number of rotatable bonds is 7. The van der Waals surface area contributed by atoms with Crippen molar-refractivity contribution in [1.29, 1.82) is 0 Å². The second kappa shape index (κ2) is 8.16. The van der Waals surface area contributed by atoms with Crippen molar-refractivity contribution in [2.75, 3.05) is 11.0 Å². The minimum Gasteiger partial charge on any atom is -0.335 e. The molecular formula is C16H21N3O3S2. The van der Waals surface area contributed by atoms with Crippen molar-refractivity contribution in [3.05, 3.63) is 52.2 Å². The zero-order valence-corrected chi connectivity index (χ0v) is 15.2. The van der Waals surface area contributed by atoms with E-state index in [9.17, 15) is 13.2 Å². The highest BCUT2D eigenvalue weighted by Gasteiger charge is 2.10. The summed E-state index contributed by atoms with van der Waals surface area (Å²) < 4.78 is 25.2. The highest BCUT2D eigenvalue weighted by atomic mass is 32.2. The fourth-order valence-electron chi connectivity index (χ4n) is 2.24. The molecule has 1 atom stereocenters. The Kier molecular flexibility index (Phi) is 6.22. The van der Waals surface area contributed by atoms with E-state index in [4.69, 9.17) is 0 Å². The Balaban J connectivity index is 1.87. The van der Waals surface area contributed by atoms with Crippen LogP contribution in [-0.2, 0) is 23.0 Å². The number of benzene rings is 1. The molecule has 2 amide bonds. The minimum atomic E-state index is -3.36. The number of para-hydroxylation sites is 1. The molecule has 24 heavy (non-hydrogen) atoms. The van der Waals surface area contributed by atoms with Crippen molar-refractivity contribution in [2.45, 2.75) is 25.9 Å². The van der Waals surface area contributed by atoms with Crippen LogP contribution in [0.1, 0.15) is 18.1 Å². The Labute approximate surface area is 146 Å². The highest BCUT2D eigenvalue weighted by Crippen LogP contribution is 2.16. The number of carbonyl (C=O) groups is 1. The van der Waals surface area contributed by atoms with E-state index < -0.39 is 10.0 Å². The number of carbonyl (C=O) groups excluding carboxylic acids is 1. The second-order valence-corrected chi connectivity index (χ2v) is 8.12. The topological polar surface area (TPSA) is 87.3 Å². The van der Waals surface area contributed by atoms with Crippen LogP contribution >= 0.6 is 11.3 Å². The van der Waals surface area contributed by atoms with Crippen molar-refractivity contribution in [3.8, 4) is 0 Å². The molecule has 8 heteroatoms.